The van der Waals surface area contributed by atoms with Crippen LogP contribution in [0.2, 0.25) is 0 Å². The highest BCUT2D eigenvalue weighted by atomic mass is 32.2. The zero-order chi connectivity index (χ0) is 19.8. The summed E-state index contributed by atoms with van der Waals surface area (Å²) in [7, 11) is 1.80. The quantitative estimate of drug-likeness (QED) is 0.585. The first-order valence-electron chi connectivity index (χ1n) is 9.62. The van der Waals surface area contributed by atoms with Crippen LogP contribution in [0.1, 0.15) is 18.9 Å². The molecule has 1 aliphatic rings. The fourth-order valence-electron chi connectivity index (χ4n) is 3.24. The average molecular weight is 405 g/mol. The Morgan fingerprint density at radius 1 is 1.29 bits per heavy atom. The molecule has 3 rings (SSSR count). The number of aryl methyl sites for hydroxylation is 1. The minimum atomic E-state index is 0.132. The molecule has 0 radical (unpaired) electrons. The maximum atomic E-state index is 13.1. The lowest BCUT2D eigenvalue weighted by molar-refractivity contribution is -0.134. The molecule has 1 fully saturated rings. The number of nitrogens with zero attached hydrogens (tertiary/aromatic N) is 6. The molecule has 2 aromatic rings. The minimum absolute atomic E-state index is 0.132. The van der Waals surface area contributed by atoms with Gasteiger partial charge in [0.15, 0.2) is 0 Å². The van der Waals surface area contributed by atoms with Gasteiger partial charge in [0.05, 0.1) is 13.2 Å². The molecule has 0 bridgehead atoms. The smallest absolute Gasteiger partial charge is 0.223 e. The second-order valence-corrected chi connectivity index (χ2v) is 8.01. The number of morpholine rings is 1. The summed E-state index contributed by atoms with van der Waals surface area (Å²) in [4.78, 5) is 17.4. The summed E-state index contributed by atoms with van der Waals surface area (Å²) < 4.78 is 7.06. The molecule has 0 saturated carbocycles. The van der Waals surface area contributed by atoms with E-state index >= 15 is 0 Å². The molecule has 1 aromatic carbocycles. The van der Waals surface area contributed by atoms with E-state index in [9.17, 15) is 4.79 Å². The number of rotatable bonds is 9. The van der Waals surface area contributed by atoms with Gasteiger partial charge in [0.2, 0.25) is 11.1 Å². The number of carbonyl (C=O) groups excluding carboxylic acids is 1. The third kappa shape index (κ3) is 6.02. The molecular formula is C19H28N6O2S. The molecule has 0 N–H and O–H groups in total. The van der Waals surface area contributed by atoms with Crippen LogP contribution in [-0.2, 0) is 23.1 Å². The van der Waals surface area contributed by atoms with E-state index in [-0.39, 0.29) is 11.9 Å². The van der Waals surface area contributed by atoms with E-state index in [0.29, 0.717) is 18.7 Å². The van der Waals surface area contributed by atoms with Gasteiger partial charge in [-0.15, -0.1) is 5.10 Å². The molecule has 0 spiro atoms. The van der Waals surface area contributed by atoms with Crippen molar-refractivity contribution >= 4 is 17.7 Å². The number of tetrazole rings is 1. The Hall–Kier alpha value is -1.97. The SMILES string of the molecule is CC(CN1CCOCC1)N(Cc1ccccc1)C(=O)CCSc1nnnn1C. The average Bonchev–Trinajstić information content (AvgIpc) is 3.12. The van der Waals surface area contributed by atoms with Crippen molar-refractivity contribution in [3.63, 3.8) is 0 Å². The molecule has 1 aromatic heterocycles. The van der Waals surface area contributed by atoms with E-state index in [2.05, 4.69) is 39.5 Å². The van der Waals surface area contributed by atoms with Crippen LogP contribution >= 0.6 is 11.8 Å². The van der Waals surface area contributed by atoms with Gasteiger partial charge in [0.25, 0.3) is 0 Å². The van der Waals surface area contributed by atoms with E-state index in [1.54, 1.807) is 11.7 Å². The molecule has 152 valence electrons. The monoisotopic (exact) mass is 404 g/mol. The maximum absolute atomic E-state index is 13.1. The topological polar surface area (TPSA) is 76.4 Å². The summed E-state index contributed by atoms with van der Waals surface area (Å²) in [5, 5.41) is 12.1. The number of amides is 1. The summed E-state index contributed by atoms with van der Waals surface area (Å²) in [6.07, 6.45) is 0.456. The highest BCUT2D eigenvalue weighted by Gasteiger charge is 2.23. The van der Waals surface area contributed by atoms with Gasteiger partial charge in [0, 0.05) is 51.4 Å². The van der Waals surface area contributed by atoms with Crippen molar-refractivity contribution in [3.8, 4) is 0 Å². The van der Waals surface area contributed by atoms with Gasteiger partial charge in [-0.2, -0.15) is 0 Å². The zero-order valence-electron chi connectivity index (χ0n) is 16.5. The van der Waals surface area contributed by atoms with Gasteiger partial charge in [-0.25, -0.2) is 4.68 Å². The standard InChI is InChI=1S/C19H28N6O2S/c1-16(14-24-9-11-27-12-10-24)25(15-17-6-4-3-5-7-17)18(26)8-13-28-19-20-21-22-23(19)2/h3-7,16H,8-15H2,1-2H3. The molecular weight excluding hydrogens is 376 g/mol. The minimum Gasteiger partial charge on any atom is -0.379 e. The molecule has 1 atom stereocenters. The third-order valence-corrected chi connectivity index (χ3v) is 5.81. The Labute approximate surface area is 170 Å². The van der Waals surface area contributed by atoms with Gasteiger partial charge < -0.3 is 9.64 Å². The Morgan fingerprint density at radius 3 is 2.71 bits per heavy atom. The number of benzene rings is 1. The molecule has 1 amide bonds. The highest BCUT2D eigenvalue weighted by molar-refractivity contribution is 7.99. The van der Waals surface area contributed by atoms with Crippen LogP contribution in [0.15, 0.2) is 35.5 Å². The number of hydrogen-bond donors (Lipinski definition) is 0. The van der Waals surface area contributed by atoms with Crippen molar-refractivity contribution in [2.24, 2.45) is 7.05 Å². The fourth-order valence-corrected chi connectivity index (χ4v) is 4.02. The van der Waals surface area contributed by atoms with Crippen LogP contribution < -0.4 is 0 Å². The molecule has 1 aliphatic heterocycles. The fraction of sp³-hybridized carbons (Fsp3) is 0.579. The lowest BCUT2D eigenvalue weighted by Crippen LogP contribution is -2.48. The normalized spacial score (nSPS) is 16.1. The van der Waals surface area contributed by atoms with Crippen molar-refractivity contribution in [2.45, 2.75) is 31.1 Å². The van der Waals surface area contributed by atoms with Crippen LogP contribution in [0.25, 0.3) is 0 Å². The third-order valence-electron chi connectivity index (χ3n) is 4.80. The Bertz CT molecular complexity index is 735. The van der Waals surface area contributed by atoms with Crippen molar-refractivity contribution in [1.82, 2.24) is 30.0 Å². The first-order valence-corrected chi connectivity index (χ1v) is 10.6. The van der Waals surface area contributed by atoms with Gasteiger partial charge in [-0.3, -0.25) is 9.69 Å². The van der Waals surface area contributed by atoms with E-state index in [1.807, 2.05) is 23.1 Å². The van der Waals surface area contributed by atoms with Crippen molar-refractivity contribution in [3.05, 3.63) is 35.9 Å². The summed E-state index contributed by atoms with van der Waals surface area (Å²) >= 11 is 1.51. The largest absolute Gasteiger partial charge is 0.379 e. The van der Waals surface area contributed by atoms with Crippen molar-refractivity contribution < 1.29 is 9.53 Å². The van der Waals surface area contributed by atoms with E-state index in [1.165, 1.54) is 11.8 Å². The van der Waals surface area contributed by atoms with E-state index in [0.717, 1.165) is 43.6 Å². The Balaban J connectivity index is 1.60. The number of thioether (sulfide) groups is 1. The zero-order valence-corrected chi connectivity index (χ0v) is 17.3. The van der Waals surface area contributed by atoms with Crippen molar-refractivity contribution in [2.75, 3.05) is 38.6 Å². The maximum Gasteiger partial charge on any atom is 0.223 e. The lowest BCUT2D eigenvalue weighted by atomic mass is 10.1. The first-order chi connectivity index (χ1) is 13.6. The Morgan fingerprint density at radius 2 is 2.04 bits per heavy atom. The summed E-state index contributed by atoms with van der Waals surface area (Å²) in [6.45, 7) is 7.00. The van der Waals surface area contributed by atoms with E-state index < -0.39 is 0 Å². The molecule has 2 heterocycles. The molecule has 8 nitrogen and oxygen atoms in total. The van der Waals surface area contributed by atoms with Gasteiger partial charge in [-0.1, -0.05) is 42.1 Å². The molecule has 28 heavy (non-hydrogen) atoms. The molecule has 1 saturated heterocycles. The number of aromatic nitrogens is 4. The van der Waals surface area contributed by atoms with Crippen LogP contribution in [0.4, 0.5) is 0 Å². The number of ether oxygens (including phenoxy) is 1. The van der Waals surface area contributed by atoms with Gasteiger partial charge >= 0.3 is 0 Å². The summed E-state index contributed by atoms with van der Waals surface area (Å²) in [5.41, 5.74) is 1.15. The summed E-state index contributed by atoms with van der Waals surface area (Å²) in [6, 6.07) is 10.3. The lowest BCUT2D eigenvalue weighted by Gasteiger charge is -2.35. The predicted molar refractivity (Wildman–Crippen MR) is 108 cm³/mol. The second-order valence-electron chi connectivity index (χ2n) is 6.95. The first kappa shape index (κ1) is 20.8. The van der Waals surface area contributed by atoms with Crippen LogP contribution in [0.5, 0.6) is 0 Å². The van der Waals surface area contributed by atoms with Gasteiger partial charge in [0.1, 0.15) is 0 Å². The molecule has 1 unspecified atom stereocenters. The molecule has 9 heteroatoms. The van der Waals surface area contributed by atoms with Crippen LogP contribution in [0.3, 0.4) is 0 Å². The summed E-state index contributed by atoms with van der Waals surface area (Å²) in [5.74, 6) is 0.815. The Kier molecular flexibility index (Phi) is 7.81. The van der Waals surface area contributed by atoms with E-state index in [4.69, 9.17) is 4.74 Å². The van der Waals surface area contributed by atoms with Crippen molar-refractivity contribution in [1.29, 1.82) is 0 Å². The molecule has 0 aliphatic carbocycles. The number of hydrogen-bond acceptors (Lipinski definition) is 7. The second kappa shape index (κ2) is 10.5. The predicted octanol–water partition coefficient (Wildman–Crippen LogP) is 1.44. The van der Waals surface area contributed by atoms with Crippen LogP contribution in [-0.4, -0.2) is 80.6 Å². The number of carbonyl (C=O) groups is 1. The van der Waals surface area contributed by atoms with Gasteiger partial charge in [-0.05, 0) is 22.9 Å². The van der Waals surface area contributed by atoms with Crippen LogP contribution in [0, 0.1) is 0 Å². The highest BCUT2D eigenvalue weighted by Crippen LogP contribution is 2.17.